The van der Waals surface area contributed by atoms with E-state index in [0.717, 1.165) is 0 Å². The van der Waals surface area contributed by atoms with Gasteiger partial charge in [-0.25, -0.2) is 4.79 Å². The van der Waals surface area contributed by atoms with Crippen LogP contribution in [0, 0.1) is 0 Å². The molecule has 1 heterocycles. The number of dihydropyridines is 1. The molecule has 0 fully saturated rings. The molecule has 1 aliphatic rings. The Balaban J connectivity index is 2.80. The molecule has 0 amide bonds. The summed E-state index contributed by atoms with van der Waals surface area (Å²) in [6.45, 7) is 3.54. The van der Waals surface area contributed by atoms with Gasteiger partial charge in [0.05, 0.1) is 0 Å². The molecular weight excluding hydrogens is 130 g/mol. The SMILES string of the molecule is C=C1C=CC=C(C(=O)O)N1. The van der Waals surface area contributed by atoms with E-state index in [1.54, 1.807) is 12.2 Å². The zero-order chi connectivity index (χ0) is 7.56. The van der Waals surface area contributed by atoms with Gasteiger partial charge < -0.3 is 10.4 Å². The molecule has 1 aliphatic heterocycles. The van der Waals surface area contributed by atoms with E-state index >= 15 is 0 Å². The monoisotopic (exact) mass is 137 g/mol. The van der Waals surface area contributed by atoms with Crippen molar-refractivity contribution in [3.05, 3.63) is 36.2 Å². The Morgan fingerprint density at radius 3 is 2.80 bits per heavy atom. The molecule has 10 heavy (non-hydrogen) atoms. The largest absolute Gasteiger partial charge is 0.477 e. The van der Waals surface area contributed by atoms with Crippen molar-refractivity contribution in [2.24, 2.45) is 0 Å². The Morgan fingerprint density at radius 2 is 2.40 bits per heavy atom. The second-order valence-electron chi connectivity index (χ2n) is 1.89. The Morgan fingerprint density at radius 1 is 1.70 bits per heavy atom. The highest BCUT2D eigenvalue weighted by Gasteiger charge is 2.07. The van der Waals surface area contributed by atoms with E-state index in [-0.39, 0.29) is 5.70 Å². The van der Waals surface area contributed by atoms with Gasteiger partial charge in [-0.2, -0.15) is 0 Å². The third kappa shape index (κ3) is 1.25. The first-order chi connectivity index (χ1) is 4.70. The zero-order valence-electron chi connectivity index (χ0n) is 5.29. The number of hydrogen-bond donors (Lipinski definition) is 2. The van der Waals surface area contributed by atoms with Crippen molar-refractivity contribution in [3.8, 4) is 0 Å². The Hall–Kier alpha value is -1.51. The van der Waals surface area contributed by atoms with Gasteiger partial charge in [0.15, 0.2) is 0 Å². The molecule has 0 unspecified atom stereocenters. The van der Waals surface area contributed by atoms with Crippen LogP contribution in [0.25, 0.3) is 0 Å². The van der Waals surface area contributed by atoms with E-state index in [1.807, 2.05) is 0 Å². The number of nitrogens with one attached hydrogen (secondary N) is 1. The Labute approximate surface area is 58.4 Å². The molecule has 0 atom stereocenters. The summed E-state index contributed by atoms with van der Waals surface area (Å²) in [5.74, 6) is -0.967. The maximum atomic E-state index is 10.3. The first-order valence-electron chi connectivity index (χ1n) is 2.78. The van der Waals surface area contributed by atoms with Crippen molar-refractivity contribution >= 4 is 5.97 Å². The molecule has 2 N–H and O–H groups in total. The smallest absolute Gasteiger partial charge is 0.352 e. The number of allylic oxidation sites excluding steroid dienone is 3. The van der Waals surface area contributed by atoms with Gasteiger partial charge in [-0.15, -0.1) is 0 Å². The molecule has 3 heteroatoms. The molecule has 0 saturated heterocycles. The van der Waals surface area contributed by atoms with Gasteiger partial charge in [-0.3, -0.25) is 0 Å². The van der Waals surface area contributed by atoms with Crippen LogP contribution in [-0.2, 0) is 4.79 Å². The highest BCUT2D eigenvalue weighted by atomic mass is 16.4. The topological polar surface area (TPSA) is 49.3 Å². The third-order valence-corrected chi connectivity index (χ3v) is 1.09. The zero-order valence-corrected chi connectivity index (χ0v) is 5.29. The average molecular weight is 137 g/mol. The summed E-state index contributed by atoms with van der Waals surface area (Å²) >= 11 is 0. The van der Waals surface area contributed by atoms with Crippen molar-refractivity contribution < 1.29 is 9.90 Å². The summed E-state index contributed by atoms with van der Waals surface area (Å²) < 4.78 is 0. The van der Waals surface area contributed by atoms with Gasteiger partial charge in [0.2, 0.25) is 0 Å². The van der Waals surface area contributed by atoms with Crippen LogP contribution in [0.1, 0.15) is 0 Å². The van der Waals surface area contributed by atoms with E-state index in [9.17, 15) is 4.79 Å². The number of carbonyl (C=O) groups is 1. The lowest BCUT2D eigenvalue weighted by Gasteiger charge is -2.08. The molecular formula is C7H7NO2. The Kier molecular flexibility index (Phi) is 1.58. The van der Waals surface area contributed by atoms with Crippen molar-refractivity contribution in [3.63, 3.8) is 0 Å². The van der Waals surface area contributed by atoms with Crippen molar-refractivity contribution in [1.29, 1.82) is 0 Å². The van der Waals surface area contributed by atoms with Gasteiger partial charge in [-0.05, 0) is 12.2 Å². The van der Waals surface area contributed by atoms with E-state index in [0.29, 0.717) is 5.70 Å². The minimum atomic E-state index is -0.967. The van der Waals surface area contributed by atoms with Crippen molar-refractivity contribution in [1.82, 2.24) is 5.32 Å². The van der Waals surface area contributed by atoms with Gasteiger partial charge in [-0.1, -0.05) is 12.7 Å². The highest BCUT2D eigenvalue weighted by molar-refractivity contribution is 5.87. The minimum Gasteiger partial charge on any atom is -0.477 e. The third-order valence-electron chi connectivity index (χ3n) is 1.09. The van der Waals surface area contributed by atoms with Gasteiger partial charge in [0.1, 0.15) is 5.70 Å². The van der Waals surface area contributed by atoms with Crippen LogP contribution < -0.4 is 5.32 Å². The normalized spacial score (nSPS) is 16.0. The molecule has 0 aliphatic carbocycles. The fourth-order valence-corrected chi connectivity index (χ4v) is 0.642. The van der Waals surface area contributed by atoms with E-state index in [4.69, 9.17) is 5.11 Å². The molecule has 3 nitrogen and oxygen atoms in total. The second kappa shape index (κ2) is 2.39. The summed E-state index contributed by atoms with van der Waals surface area (Å²) in [6.07, 6.45) is 4.83. The van der Waals surface area contributed by atoms with Crippen molar-refractivity contribution in [2.45, 2.75) is 0 Å². The van der Waals surface area contributed by atoms with E-state index < -0.39 is 5.97 Å². The van der Waals surface area contributed by atoms with Crippen LogP contribution in [-0.4, -0.2) is 11.1 Å². The number of rotatable bonds is 1. The minimum absolute atomic E-state index is 0.160. The molecule has 0 aromatic heterocycles. The number of aliphatic carboxylic acids is 1. The number of carboxylic acids is 1. The lowest BCUT2D eigenvalue weighted by atomic mass is 10.2. The first kappa shape index (κ1) is 6.61. The molecule has 0 aromatic rings. The van der Waals surface area contributed by atoms with Gasteiger partial charge in [0.25, 0.3) is 0 Å². The lowest BCUT2D eigenvalue weighted by molar-refractivity contribution is -0.133. The fraction of sp³-hybridized carbons (Fsp3) is 0. The summed E-state index contributed by atoms with van der Waals surface area (Å²) in [5.41, 5.74) is 0.757. The maximum absolute atomic E-state index is 10.3. The van der Waals surface area contributed by atoms with Crippen molar-refractivity contribution in [2.75, 3.05) is 0 Å². The Bertz CT molecular complexity index is 238. The summed E-state index contributed by atoms with van der Waals surface area (Å²) in [4.78, 5) is 10.3. The predicted octanol–water partition coefficient (Wildman–Crippen LogP) is 0.628. The standard InChI is InChI=1S/C7H7NO2/c1-5-3-2-4-6(8-5)7(9)10/h2-4,8H,1H2,(H,9,10). The molecule has 0 bridgehead atoms. The quantitative estimate of drug-likeness (QED) is 0.557. The average Bonchev–Trinajstić information content (AvgIpc) is 1.88. The number of carboxylic acid groups (broad SMARTS) is 1. The number of hydrogen-bond acceptors (Lipinski definition) is 2. The summed E-state index contributed by atoms with van der Waals surface area (Å²) in [5, 5.41) is 11.0. The van der Waals surface area contributed by atoms with Crippen LogP contribution >= 0.6 is 0 Å². The van der Waals surface area contributed by atoms with Crippen LogP contribution in [0.3, 0.4) is 0 Å². The van der Waals surface area contributed by atoms with Crippen LogP contribution in [0.5, 0.6) is 0 Å². The molecule has 52 valence electrons. The summed E-state index contributed by atoms with van der Waals surface area (Å²) in [6, 6.07) is 0. The van der Waals surface area contributed by atoms with E-state index in [2.05, 4.69) is 11.9 Å². The summed E-state index contributed by atoms with van der Waals surface area (Å²) in [7, 11) is 0. The first-order valence-corrected chi connectivity index (χ1v) is 2.78. The molecule has 0 aromatic carbocycles. The lowest BCUT2D eigenvalue weighted by Crippen LogP contribution is -2.19. The highest BCUT2D eigenvalue weighted by Crippen LogP contribution is 2.02. The second-order valence-corrected chi connectivity index (χ2v) is 1.89. The van der Waals surface area contributed by atoms with Crippen LogP contribution in [0.2, 0.25) is 0 Å². The van der Waals surface area contributed by atoms with Gasteiger partial charge in [0, 0.05) is 5.70 Å². The molecule has 0 radical (unpaired) electrons. The molecule has 1 rings (SSSR count). The van der Waals surface area contributed by atoms with Gasteiger partial charge >= 0.3 is 5.97 Å². The fourth-order valence-electron chi connectivity index (χ4n) is 0.642. The predicted molar refractivity (Wildman–Crippen MR) is 37.1 cm³/mol. The van der Waals surface area contributed by atoms with Crippen LogP contribution in [0.4, 0.5) is 0 Å². The van der Waals surface area contributed by atoms with Crippen LogP contribution in [0.15, 0.2) is 36.2 Å². The van der Waals surface area contributed by atoms with E-state index in [1.165, 1.54) is 6.08 Å². The molecule has 0 saturated carbocycles. The maximum Gasteiger partial charge on any atom is 0.352 e. The molecule has 0 spiro atoms.